The molecule has 7 heteroatoms. The fourth-order valence-electron chi connectivity index (χ4n) is 3.15. The Bertz CT molecular complexity index is 655. The van der Waals surface area contributed by atoms with Crippen LogP contribution in [0.4, 0.5) is 13.2 Å². The molecule has 0 aliphatic carbocycles. The van der Waals surface area contributed by atoms with E-state index in [2.05, 4.69) is 9.89 Å². The first-order valence-electron chi connectivity index (χ1n) is 7.46. The van der Waals surface area contributed by atoms with Crippen molar-refractivity contribution in [3.63, 3.8) is 0 Å². The van der Waals surface area contributed by atoms with Gasteiger partial charge in [-0.2, -0.15) is 13.2 Å². The van der Waals surface area contributed by atoms with Crippen molar-refractivity contribution in [1.29, 1.82) is 0 Å². The van der Waals surface area contributed by atoms with Crippen LogP contribution in [0.2, 0.25) is 0 Å². The Morgan fingerprint density at radius 1 is 1.39 bits per heavy atom. The monoisotopic (exact) mass is 326 g/mol. The van der Waals surface area contributed by atoms with Gasteiger partial charge in [-0.25, -0.2) is 4.99 Å². The molecule has 1 saturated heterocycles. The molecule has 2 aliphatic heterocycles. The van der Waals surface area contributed by atoms with Gasteiger partial charge in [-0.05, 0) is 37.1 Å². The molecule has 0 saturated carbocycles. The van der Waals surface area contributed by atoms with Crippen LogP contribution in [0, 0.1) is 0 Å². The summed E-state index contributed by atoms with van der Waals surface area (Å²) in [4.78, 5) is 17.2. The van der Waals surface area contributed by atoms with Crippen LogP contribution >= 0.6 is 0 Å². The lowest BCUT2D eigenvalue weighted by Gasteiger charge is -2.32. The smallest absolute Gasteiger partial charge is 0.380 e. The number of hydrogen-bond acceptors (Lipinski definition) is 3. The molecule has 0 radical (unpaired) electrons. The van der Waals surface area contributed by atoms with Gasteiger partial charge >= 0.3 is 6.18 Å². The van der Waals surface area contributed by atoms with Crippen molar-refractivity contribution in [1.82, 2.24) is 4.90 Å². The van der Waals surface area contributed by atoms with Crippen LogP contribution in [0.5, 0.6) is 0 Å². The molecule has 1 fully saturated rings. The van der Waals surface area contributed by atoms with Crippen LogP contribution in [0.3, 0.4) is 0 Å². The quantitative estimate of drug-likeness (QED) is 0.858. The van der Waals surface area contributed by atoms with Crippen LogP contribution in [-0.2, 0) is 17.5 Å². The van der Waals surface area contributed by atoms with Crippen LogP contribution < -0.4 is 0 Å². The third-order valence-electron chi connectivity index (χ3n) is 4.29. The highest BCUT2D eigenvalue weighted by Crippen LogP contribution is 2.35. The van der Waals surface area contributed by atoms with Gasteiger partial charge in [0.2, 0.25) is 0 Å². The molecule has 0 unspecified atom stereocenters. The lowest BCUT2D eigenvalue weighted by Crippen LogP contribution is -2.38. The van der Waals surface area contributed by atoms with Gasteiger partial charge in [0, 0.05) is 32.0 Å². The van der Waals surface area contributed by atoms with E-state index in [0.717, 1.165) is 31.7 Å². The molecule has 0 N–H and O–H groups in total. The first-order valence-corrected chi connectivity index (χ1v) is 7.46. The summed E-state index contributed by atoms with van der Waals surface area (Å²) in [7, 11) is 1.64. The van der Waals surface area contributed by atoms with Crippen molar-refractivity contribution in [2.45, 2.75) is 31.7 Å². The maximum absolute atomic E-state index is 13.2. The summed E-state index contributed by atoms with van der Waals surface area (Å²) < 4.78 is 45.0. The standard InChI is InChI=1S/C16H17F3N2O2/c1-23-11-3-2-4-21(9-11)8-10-5-12-13(7-20-15(12)22)14(6-10)16(17,18)19/h5-7,11H,2-4,8-9H2,1H3/t11-/m0/s1. The summed E-state index contributed by atoms with van der Waals surface area (Å²) >= 11 is 0. The molecule has 124 valence electrons. The number of hydrogen-bond donors (Lipinski definition) is 0. The molecule has 3 rings (SSSR count). The number of amides is 1. The van der Waals surface area contributed by atoms with Crippen molar-refractivity contribution >= 4 is 12.1 Å². The van der Waals surface area contributed by atoms with Gasteiger partial charge in [0.1, 0.15) is 0 Å². The number of fused-ring (bicyclic) bond motifs is 1. The highest BCUT2D eigenvalue weighted by Gasteiger charge is 2.37. The van der Waals surface area contributed by atoms with E-state index < -0.39 is 17.6 Å². The van der Waals surface area contributed by atoms with Gasteiger partial charge < -0.3 is 4.74 Å². The fourth-order valence-corrected chi connectivity index (χ4v) is 3.15. The minimum Gasteiger partial charge on any atom is -0.380 e. The van der Waals surface area contributed by atoms with E-state index in [-0.39, 0.29) is 17.2 Å². The molecule has 1 aromatic rings. The predicted molar refractivity (Wildman–Crippen MR) is 78.7 cm³/mol. The molecule has 0 spiro atoms. The Morgan fingerprint density at radius 2 is 2.17 bits per heavy atom. The van der Waals surface area contributed by atoms with E-state index >= 15 is 0 Å². The maximum atomic E-state index is 13.2. The number of methoxy groups -OCH3 is 1. The van der Waals surface area contributed by atoms with Crippen LogP contribution in [0.25, 0.3) is 0 Å². The molecule has 2 heterocycles. The minimum absolute atomic E-state index is 0.0372. The number of alkyl halides is 3. The summed E-state index contributed by atoms with van der Waals surface area (Å²) in [5.41, 5.74) is -0.402. The Labute approximate surface area is 131 Å². The van der Waals surface area contributed by atoms with E-state index in [1.165, 1.54) is 6.07 Å². The molecular weight excluding hydrogens is 309 g/mol. The normalized spacial score (nSPS) is 21.7. The zero-order valence-electron chi connectivity index (χ0n) is 12.7. The molecule has 1 atom stereocenters. The van der Waals surface area contributed by atoms with Gasteiger partial charge in [0.05, 0.1) is 17.2 Å². The highest BCUT2D eigenvalue weighted by atomic mass is 19.4. The first-order chi connectivity index (χ1) is 10.9. The number of aliphatic imine (C=N–C) groups is 1. The number of rotatable bonds is 3. The minimum atomic E-state index is -4.51. The van der Waals surface area contributed by atoms with E-state index in [1.54, 1.807) is 7.11 Å². The molecule has 23 heavy (non-hydrogen) atoms. The fraction of sp³-hybridized carbons (Fsp3) is 0.500. The Kier molecular flexibility index (Phi) is 4.25. The third-order valence-corrected chi connectivity index (χ3v) is 4.29. The predicted octanol–water partition coefficient (Wildman–Crippen LogP) is 2.89. The van der Waals surface area contributed by atoms with Gasteiger partial charge in [-0.3, -0.25) is 9.69 Å². The zero-order valence-corrected chi connectivity index (χ0v) is 12.7. The molecule has 2 aliphatic rings. The van der Waals surface area contributed by atoms with Crippen LogP contribution in [0.15, 0.2) is 17.1 Å². The second-order valence-electron chi connectivity index (χ2n) is 5.90. The lowest BCUT2D eigenvalue weighted by molar-refractivity contribution is -0.137. The molecule has 1 aromatic carbocycles. The van der Waals surface area contributed by atoms with Crippen molar-refractivity contribution in [3.05, 3.63) is 34.4 Å². The first kappa shape index (κ1) is 16.1. The Balaban J connectivity index is 1.89. The largest absolute Gasteiger partial charge is 0.417 e. The van der Waals surface area contributed by atoms with E-state index in [0.29, 0.717) is 18.7 Å². The van der Waals surface area contributed by atoms with E-state index in [1.807, 2.05) is 0 Å². The van der Waals surface area contributed by atoms with Crippen molar-refractivity contribution in [2.75, 3.05) is 20.2 Å². The summed E-state index contributed by atoms with van der Waals surface area (Å²) in [6.45, 7) is 1.85. The number of carbonyl (C=O) groups is 1. The number of halogens is 3. The van der Waals surface area contributed by atoms with Gasteiger partial charge in [0.25, 0.3) is 5.91 Å². The maximum Gasteiger partial charge on any atom is 0.417 e. The van der Waals surface area contributed by atoms with Crippen molar-refractivity contribution < 1.29 is 22.7 Å². The second-order valence-corrected chi connectivity index (χ2v) is 5.90. The Hall–Kier alpha value is -1.73. The number of carbonyl (C=O) groups excluding carboxylic acids is 1. The van der Waals surface area contributed by atoms with E-state index in [4.69, 9.17) is 4.74 Å². The number of ether oxygens (including phenoxy) is 1. The average molecular weight is 326 g/mol. The molecular formula is C16H17F3N2O2. The highest BCUT2D eigenvalue weighted by molar-refractivity contribution is 6.13. The van der Waals surface area contributed by atoms with Gasteiger partial charge in [-0.1, -0.05) is 0 Å². The van der Waals surface area contributed by atoms with Crippen LogP contribution in [0.1, 0.15) is 39.9 Å². The van der Waals surface area contributed by atoms with Crippen LogP contribution in [-0.4, -0.2) is 43.3 Å². The zero-order chi connectivity index (χ0) is 16.6. The summed E-state index contributed by atoms with van der Waals surface area (Å²) in [5.74, 6) is -0.610. The number of nitrogens with zero attached hydrogens (tertiary/aromatic N) is 2. The lowest BCUT2D eigenvalue weighted by atomic mass is 9.98. The SMILES string of the molecule is CO[C@H]1CCCN(Cc2cc3c(c(C(F)(F)F)c2)C=NC3=O)C1. The molecule has 0 aromatic heterocycles. The molecule has 1 amide bonds. The van der Waals surface area contributed by atoms with Gasteiger partial charge in [0.15, 0.2) is 0 Å². The van der Waals surface area contributed by atoms with E-state index in [9.17, 15) is 18.0 Å². The second kappa shape index (κ2) is 6.05. The summed E-state index contributed by atoms with van der Waals surface area (Å²) in [6.07, 6.45) is -1.50. The van der Waals surface area contributed by atoms with Crippen molar-refractivity contribution in [3.8, 4) is 0 Å². The molecule has 0 bridgehead atoms. The topological polar surface area (TPSA) is 41.9 Å². The number of benzene rings is 1. The van der Waals surface area contributed by atoms with Gasteiger partial charge in [-0.15, -0.1) is 0 Å². The number of likely N-dealkylation sites (tertiary alicyclic amines) is 1. The molecule has 4 nitrogen and oxygen atoms in total. The summed E-state index contributed by atoms with van der Waals surface area (Å²) in [5, 5.41) is 0. The Morgan fingerprint density at radius 3 is 2.87 bits per heavy atom. The average Bonchev–Trinajstić information content (AvgIpc) is 2.87. The van der Waals surface area contributed by atoms with Crippen molar-refractivity contribution in [2.24, 2.45) is 4.99 Å². The number of piperidine rings is 1. The third kappa shape index (κ3) is 3.30. The summed E-state index contributed by atoms with van der Waals surface area (Å²) in [6, 6.07) is 2.65.